The number of ether oxygens (including phenoxy) is 1. The zero-order valence-electron chi connectivity index (χ0n) is 8.73. The highest BCUT2D eigenvalue weighted by Crippen LogP contribution is 2.15. The van der Waals surface area contributed by atoms with E-state index in [0.717, 1.165) is 25.4 Å². The SMILES string of the molecule is Cc1ccc(OC2CCN(C)C2)nc1. The number of likely N-dealkylation sites (tertiary alicyclic amines) is 1. The van der Waals surface area contributed by atoms with Crippen molar-refractivity contribution in [1.82, 2.24) is 9.88 Å². The molecule has 2 heterocycles. The van der Waals surface area contributed by atoms with Crippen LogP contribution in [0.3, 0.4) is 0 Å². The first-order chi connectivity index (χ1) is 6.74. The third-order valence-electron chi connectivity index (χ3n) is 2.52. The number of rotatable bonds is 2. The highest BCUT2D eigenvalue weighted by atomic mass is 16.5. The van der Waals surface area contributed by atoms with Crippen molar-refractivity contribution in [2.24, 2.45) is 0 Å². The largest absolute Gasteiger partial charge is 0.473 e. The maximum atomic E-state index is 5.75. The van der Waals surface area contributed by atoms with E-state index in [0.29, 0.717) is 6.10 Å². The van der Waals surface area contributed by atoms with Crippen molar-refractivity contribution < 1.29 is 4.74 Å². The summed E-state index contributed by atoms with van der Waals surface area (Å²) in [6, 6.07) is 3.97. The van der Waals surface area contributed by atoms with Crippen molar-refractivity contribution >= 4 is 0 Å². The van der Waals surface area contributed by atoms with Gasteiger partial charge in [0.2, 0.25) is 5.88 Å². The summed E-state index contributed by atoms with van der Waals surface area (Å²) in [5.41, 5.74) is 1.17. The van der Waals surface area contributed by atoms with Gasteiger partial charge in [0.15, 0.2) is 0 Å². The van der Waals surface area contributed by atoms with Crippen molar-refractivity contribution in [2.75, 3.05) is 20.1 Å². The molecule has 3 nitrogen and oxygen atoms in total. The van der Waals surface area contributed by atoms with Crippen LogP contribution in [0.5, 0.6) is 5.88 Å². The Kier molecular flexibility index (Phi) is 2.68. The number of nitrogens with zero attached hydrogens (tertiary/aromatic N) is 2. The van der Waals surface area contributed by atoms with Gasteiger partial charge in [0.25, 0.3) is 0 Å². The van der Waals surface area contributed by atoms with E-state index in [4.69, 9.17) is 4.74 Å². The van der Waals surface area contributed by atoms with Crippen LogP contribution in [-0.2, 0) is 0 Å². The quantitative estimate of drug-likeness (QED) is 0.709. The summed E-state index contributed by atoms with van der Waals surface area (Å²) in [4.78, 5) is 6.50. The lowest BCUT2D eigenvalue weighted by atomic mass is 10.3. The second-order valence-corrected chi connectivity index (χ2v) is 3.96. The van der Waals surface area contributed by atoms with Crippen molar-refractivity contribution in [3.63, 3.8) is 0 Å². The molecule has 0 saturated carbocycles. The highest BCUT2D eigenvalue weighted by Gasteiger charge is 2.20. The predicted octanol–water partition coefficient (Wildman–Crippen LogP) is 1.47. The van der Waals surface area contributed by atoms with Crippen molar-refractivity contribution in [3.8, 4) is 5.88 Å². The van der Waals surface area contributed by atoms with E-state index < -0.39 is 0 Å². The lowest BCUT2D eigenvalue weighted by molar-refractivity contribution is 0.200. The Bertz CT molecular complexity index is 297. The molecule has 0 aromatic carbocycles. The summed E-state index contributed by atoms with van der Waals surface area (Å²) in [5.74, 6) is 0.746. The van der Waals surface area contributed by atoms with Gasteiger partial charge in [0.1, 0.15) is 6.10 Å². The van der Waals surface area contributed by atoms with E-state index in [-0.39, 0.29) is 0 Å². The normalized spacial score (nSPS) is 22.6. The molecule has 1 aromatic heterocycles. The first kappa shape index (κ1) is 9.46. The molecule has 3 heteroatoms. The second kappa shape index (κ2) is 3.96. The fourth-order valence-corrected chi connectivity index (χ4v) is 1.69. The van der Waals surface area contributed by atoms with E-state index in [9.17, 15) is 0 Å². The van der Waals surface area contributed by atoms with Crippen LogP contribution in [0, 0.1) is 6.92 Å². The monoisotopic (exact) mass is 192 g/mol. The molecule has 1 fully saturated rings. The topological polar surface area (TPSA) is 25.4 Å². The Morgan fingerprint density at radius 3 is 2.93 bits per heavy atom. The number of hydrogen-bond acceptors (Lipinski definition) is 3. The van der Waals surface area contributed by atoms with Crippen LogP contribution >= 0.6 is 0 Å². The summed E-state index contributed by atoms with van der Waals surface area (Å²) >= 11 is 0. The minimum absolute atomic E-state index is 0.315. The molecule has 0 amide bonds. The van der Waals surface area contributed by atoms with E-state index in [1.54, 1.807) is 0 Å². The Labute approximate surface area is 84.7 Å². The van der Waals surface area contributed by atoms with Crippen LogP contribution in [0.4, 0.5) is 0 Å². The Hall–Kier alpha value is -1.09. The van der Waals surface area contributed by atoms with Crippen LogP contribution < -0.4 is 4.74 Å². The van der Waals surface area contributed by atoms with E-state index in [2.05, 4.69) is 16.9 Å². The molecule has 2 rings (SSSR count). The number of aryl methyl sites for hydroxylation is 1. The van der Waals surface area contributed by atoms with Gasteiger partial charge in [-0.15, -0.1) is 0 Å². The predicted molar refractivity (Wildman–Crippen MR) is 55.5 cm³/mol. The molecule has 0 spiro atoms. The molecule has 0 bridgehead atoms. The molecule has 1 aromatic rings. The number of aromatic nitrogens is 1. The van der Waals surface area contributed by atoms with Crippen LogP contribution in [-0.4, -0.2) is 36.1 Å². The van der Waals surface area contributed by atoms with Crippen LogP contribution in [0.15, 0.2) is 18.3 Å². The molecule has 1 saturated heterocycles. The lowest BCUT2D eigenvalue weighted by Gasteiger charge is -2.12. The fourth-order valence-electron chi connectivity index (χ4n) is 1.69. The van der Waals surface area contributed by atoms with E-state index in [1.165, 1.54) is 5.56 Å². The molecule has 76 valence electrons. The summed E-state index contributed by atoms with van der Waals surface area (Å²) in [6.07, 6.45) is 3.26. The first-order valence-electron chi connectivity index (χ1n) is 5.02. The molecule has 1 aliphatic heterocycles. The second-order valence-electron chi connectivity index (χ2n) is 3.96. The number of hydrogen-bond donors (Lipinski definition) is 0. The molecule has 0 N–H and O–H groups in total. The van der Waals surface area contributed by atoms with Crippen molar-refractivity contribution in [3.05, 3.63) is 23.9 Å². The standard InChI is InChI=1S/C11H16N2O/c1-9-3-4-11(12-7-9)14-10-5-6-13(2)8-10/h3-4,7,10H,5-6,8H2,1-2H3. The zero-order valence-corrected chi connectivity index (χ0v) is 8.73. The van der Waals surface area contributed by atoms with Crippen molar-refractivity contribution in [2.45, 2.75) is 19.4 Å². The summed E-state index contributed by atoms with van der Waals surface area (Å²) in [5, 5.41) is 0. The Morgan fingerprint density at radius 1 is 1.50 bits per heavy atom. The Balaban J connectivity index is 1.94. The van der Waals surface area contributed by atoms with Gasteiger partial charge in [-0.1, -0.05) is 6.07 Å². The van der Waals surface area contributed by atoms with Gasteiger partial charge < -0.3 is 9.64 Å². The summed E-state index contributed by atoms with van der Waals surface area (Å²) in [7, 11) is 2.12. The number of pyridine rings is 1. The third-order valence-corrected chi connectivity index (χ3v) is 2.52. The average molecular weight is 192 g/mol. The van der Waals surface area contributed by atoms with Crippen molar-refractivity contribution in [1.29, 1.82) is 0 Å². The van der Waals surface area contributed by atoms with Crippen LogP contribution in [0.25, 0.3) is 0 Å². The van der Waals surface area contributed by atoms with Crippen LogP contribution in [0.1, 0.15) is 12.0 Å². The first-order valence-corrected chi connectivity index (χ1v) is 5.02. The third kappa shape index (κ3) is 2.23. The molecule has 1 atom stereocenters. The molecular weight excluding hydrogens is 176 g/mol. The minimum atomic E-state index is 0.315. The van der Waals surface area contributed by atoms with Crippen LogP contribution in [0.2, 0.25) is 0 Å². The fraction of sp³-hybridized carbons (Fsp3) is 0.545. The summed E-state index contributed by atoms with van der Waals surface area (Å²) in [6.45, 7) is 4.16. The van der Waals surface area contributed by atoms with Gasteiger partial charge in [-0.25, -0.2) is 4.98 Å². The smallest absolute Gasteiger partial charge is 0.213 e. The average Bonchev–Trinajstić information content (AvgIpc) is 2.56. The molecular formula is C11H16N2O. The maximum absolute atomic E-state index is 5.75. The molecule has 14 heavy (non-hydrogen) atoms. The molecule has 1 unspecified atom stereocenters. The van der Waals surface area contributed by atoms with Gasteiger partial charge in [0, 0.05) is 25.4 Å². The van der Waals surface area contributed by atoms with E-state index >= 15 is 0 Å². The van der Waals surface area contributed by atoms with E-state index in [1.807, 2.05) is 25.3 Å². The van der Waals surface area contributed by atoms with Gasteiger partial charge in [-0.2, -0.15) is 0 Å². The molecule has 1 aliphatic rings. The summed E-state index contributed by atoms with van der Waals surface area (Å²) < 4.78 is 5.75. The Morgan fingerprint density at radius 2 is 2.36 bits per heavy atom. The van der Waals surface area contributed by atoms with Gasteiger partial charge in [-0.05, 0) is 26.0 Å². The zero-order chi connectivity index (χ0) is 9.97. The van der Waals surface area contributed by atoms with Gasteiger partial charge >= 0.3 is 0 Å². The molecule has 0 aliphatic carbocycles. The highest BCUT2D eigenvalue weighted by molar-refractivity contribution is 5.16. The lowest BCUT2D eigenvalue weighted by Crippen LogP contribution is -2.21. The number of likely N-dealkylation sites (N-methyl/N-ethyl adjacent to an activating group) is 1. The molecule has 0 radical (unpaired) electrons. The maximum Gasteiger partial charge on any atom is 0.213 e. The minimum Gasteiger partial charge on any atom is -0.473 e. The van der Waals surface area contributed by atoms with Gasteiger partial charge in [0.05, 0.1) is 0 Å². The van der Waals surface area contributed by atoms with Gasteiger partial charge in [-0.3, -0.25) is 0 Å².